The zero-order valence-electron chi connectivity index (χ0n) is 19.6. The molecule has 0 unspecified atom stereocenters. The summed E-state index contributed by atoms with van der Waals surface area (Å²) in [7, 11) is 0. The monoisotopic (exact) mass is 606 g/mol. The number of hydrogen-bond donors (Lipinski definition) is 0. The molecule has 1 amide bonds. The molecule has 0 aliphatic carbocycles. The molecule has 188 valence electrons. The molecule has 8 nitrogen and oxygen atoms in total. The Balaban J connectivity index is 1.50. The molecule has 1 aliphatic heterocycles. The molecule has 0 fully saturated rings. The number of carbonyl (C=O) groups excluding carboxylic acids is 2. The van der Waals surface area contributed by atoms with Crippen molar-refractivity contribution in [2.24, 2.45) is 0 Å². The Morgan fingerprint density at radius 2 is 1.82 bits per heavy atom. The highest BCUT2D eigenvalue weighted by Crippen LogP contribution is 2.39. The normalized spacial score (nSPS) is 14.3. The van der Waals surface area contributed by atoms with Crippen LogP contribution in [0.5, 0.6) is 5.75 Å². The van der Waals surface area contributed by atoms with Crippen LogP contribution < -0.4 is 19.7 Å². The number of rotatable bonds is 4. The maximum Gasteiger partial charge on any atom is 0.308 e. The number of para-hydroxylation sites is 1. The van der Waals surface area contributed by atoms with E-state index >= 15 is 0 Å². The number of esters is 1. The second-order valence-electron chi connectivity index (χ2n) is 8.48. The molecule has 0 radical (unpaired) electrons. The summed E-state index contributed by atoms with van der Waals surface area (Å²) in [6.45, 7) is 1.56. The number of nitrogens with zero attached hydrogens (tertiary/aromatic N) is 4. The van der Waals surface area contributed by atoms with Crippen LogP contribution in [0, 0.1) is 0 Å². The molecule has 5 aromatic rings. The van der Waals surface area contributed by atoms with Gasteiger partial charge in [0.25, 0.3) is 11.5 Å². The van der Waals surface area contributed by atoms with E-state index in [1.165, 1.54) is 11.4 Å². The first kappa shape index (κ1) is 24.5. The first-order chi connectivity index (χ1) is 18.3. The summed E-state index contributed by atoms with van der Waals surface area (Å²) in [4.78, 5) is 45.3. The van der Waals surface area contributed by atoms with E-state index in [0.29, 0.717) is 32.5 Å². The van der Waals surface area contributed by atoms with Crippen molar-refractivity contribution in [2.45, 2.75) is 13.5 Å². The SMILES string of the molecule is CC(=O)Oc1ccccc1-c1nc2s/c(=C3\C(=O)N(Cc4ccccc4Cl)c4ccc(Br)cc43)c(=O)n2n1. The second-order valence-corrected chi connectivity index (χ2v) is 10.8. The molecule has 0 spiro atoms. The van der Waals surface area contributed by atoms with Gasteiger partial charge in [-0.3, -0.25) is 14.4 Å². The number of fused-ring (bicyclic) bond motifs is 2. The fourth-order valence-corrected chi connectivity index (χ4v) is 5.93. The van der Waals surface area contributed by atoms with E-state index in [-0.39, 0.29) is 28.4 Å². The minimum atomic E-state index is -0.479. The molecule has 0 saturated carbocycles. The maximum absolute atomic E-state index is 13.8. The number of aromatic nitrogens is 3. The van der Waals surface area contributed by atoms with Crippen LogP contribution in [0.3, 0.4) is 0 Å². The van der Waals surface area contributed by atoms with Gasteiger partial charge in [0.05, 0.1) is 23.4 Å². The van der Waals surface area contributed by atoms with E-state index < -0.39 is 11.5 Å². The number of carbonyl (C=O) groups is 2. The van der Waals surface area contributed by atoms with Crippen molar-refractivity contribution >= 4 is 67.0 Å². The van der Waals surface area contributed by atoms with Gasteiger partial charge in [-0.15, -0.1) is 5.10 Å². The van der Waals surface area contributed by atoms with Gasteiger partial charge in [-0.25, -0.2) is 0 Å². The molecule has 11 heteroatoms. The summed E-state index contributed by atoms with van der Waals surface area (Å²) >= 11 is 10.9. The minimum absolute atomic E-state index is 0.239. The molecule has 3 heterocycles. The van der Waals surface area contributed by atoms with Gasteiger partial charge in [0.1, 0.15) is 10.3 Å². The van der Waals surface area contributed by atoms with Crippen LogP contribution in [0.25, 0.3) is 21.9 Å². The summed E-state index contributed by atoms with van der Waals surface area (Å²) in [6.07, 6.45) is 0. The Labute approximate surface area is 232 Å². The Bertz CT molecular complexity index is 1900. The summed E-state index contributed by atoms with van der Waals surface area (Å²) < 4.78 is 7.46. The van der Waals surface area contributed by atoms with Crippen LogP contribution in [0.15, 0.2) is 76.0 Å². The fraction of sp³-hybridized carbons (Fsp3) is 0.0741. The lowest BCUT2D eigenvalue weighted by molar-refractivity contribution is -0.131. The Kier molecular flexibility index (Phi) is 6.10. The highest BCUT2D eigenvalue weighted by Gasteiger charge is 2.35. The standard InChI is InChI=1S/C27H16BrClN4O4S/c1-14(34)37-21-9-5-3-7-17(21)24-30-27-33(31-24)26(36)23(38-27)22-18-12-16(28)10-11-20(18)32(25(22)35)13-15-6-2-4-8-19(15)29/h2-12H,13H2,1H3/b23-22-. The number of halogens is 2. The molecule has 2 aromatic heterocycles. The predicted octanol–water partition coefficient (Wildman–Crippen LogP) is 4.62. The first-order valence-corrected chi connectivity index (χ1v) is 13.4. The first-order valence-electron chi connectivity index (χ1n) is 11.4. The highest BCUT2D eigenvalue weighted by atomic mass is 79.9. The number of thiazole rings is 1. The van der Waals surface area contributed by atoms with Crippen LogP contribution in [0.1, 0.15) is 18.1 Å². The van der Waals surface area contributed by atoms with E-state index in [1.807, 2.05) is 36.4 Å². The third-order valence-electron chi connectivity index (χ3n) is 6.03. The molecule has 38 heavy (non-hydrogen) atoms. The lowest BCUT2D eigenvalue weighted by atomic mass is 10.1. The molecule has 0 bridgehead atoms. The van der Waals surface area contributed by atoms with Gasteiger partial charge >= 0.3 is 5.97 Å². The van der Waals surface area contributed by atoms with Gasteiger partial charge in [-0.1, -0.05) is 69.2 Å². The number of benzene rings is 3. The summed E-state index contributed by atoms with van der Waals surface area (Å²) in [5.74, 6) is -0.254. The highest BCUT2D eigenvalue weighted by molar-refractivity contribution is 9.10. The van der Waals surface area contributed by atoms with Crippen molar-refractivity contribution in [1.29, 1.82) is 0 Å². The van der Waals surface area contributed by atoms with Crippen molar-refractivity contribution in [2.75, 3.05) is 4.90 Å². The average Bonchev–Trinajstić information content (AvgIpc) is 3.51. The lowest BCUT2D eigenvalue weighted by Gasteiger charge is -2.18. The number of anilines is 1. The summed E-state index contributed by atoms with van der Waals surface area (Å²) in [6, 6.07) is 19.7. The van der Waals surface area contributed by atoms with Gasteiger partial charge in [0.15, 0.2) is 5.82 Å². The van der Waals surface area contributed by atoms with Crippen LogP contribution in [-0.4, -0.2) is 26.5 Å². The van der Waals surface area contributed by atoms with Gasteiger partial charge in [0.2, 0.25) is 4.96 Å². The van der Waals surface area contributed by atoms with Crippen LogP contribution in [0.4, 0.5) is 5.69 Å². The van der Waals surface area contributed by atoms with Gasteiger partial charge in [0, 0.05) is 22.0 Å². The molecule has 1 aliphatic rings. The number of hydrogen-bond acceptors (Lipinski definition) is 7. The minimum Gasteiger partial charge on any atom is -0.426 e. The van der Waals surface area contributed by atoms with Gasteiger partial charge in [-0.05, 0) is 42.0 Å². The van der Waals surface area contributed by atoms with Gasteiger partial charge < -0.3 is 9.64 Å². The largest absolute Gasteiger partial charge is 0.426 e. The molecule has 0 N–H and O–H groups in total. The quantitative estimate of drug-likeness (QED) is 0.219. The number of ether oxygens (including phenoxy) is 1. The predicted molar refractivity (Wildman–Crippen MR) is 148 cm³/mol. The van der Waals surface area contributed by atoms with Crippen LogP contribution >= 0.6 is 38.9 Å². The van der Waals surface area contributed by atoms with Crippen molar-refractivity contribution < 1.29 is 14.3 Å². The maximum atomic E-state index is 13.8. The Morgan fingerprint density at radius 1 is 1.05 bits per heavy atom. The fourth-order valence-electron chi connectivity index (χ4n) is 4.37. The molecule has 0 atom stereocenters. The van der Waals surface area contributed by atoms with E-state index in [9.17, 15) is 14.4 Å². The van der Waals surface area contributed by atoms with E-state index in [2.05, 4.69) is 26.0 Å². The van der Waals surface area contributed by atoms with Gasteiger partial charge in [-0.2, -0.15) is 9.50 Å². The Hall–Kier alpha value is -3.86. The van der Waals surface area contributed by atoms with Crippen LogP contribution in [-0.2, 0) is 16.1 Å². The molecular formula is C27H16BrClN4O4S. The smallest absolute Gasteiger partial charge is 0.308 e. The second kappa shape index (κ2) is 9.46. The third kappa shape index (κ3) is 4.10. The molecular weight excluding hydrogens is 592 g/mol. The number of amides is 1. The van der Waals surface area contributed by atoms with E-state index in [0.717, 1.165) is 21.4 Å². The molecule has 0 saturated heterocycles. The summed E-state index contributed by atoms with van der Waals surface area (Å²) in [5.41, 5.74) is 2.42. The molecule has 3 aromatic carbocycles. The van der Waals surface area contributed by atoms with Crippen molar-refractivity contribution in [3.8, 4) is 17.1 Å². The van der Waals surface area contributed by atoms with Crippen molar-refractivity contribution in [3.63, 3.8) is 0 Å². The van der Waals surface area contributed by atoms with Crippen LogP contribution in [0.2, 0.25) is 5.02 Å². The lowest BCUT2D eigenvalue weighted by Crippen LogP contribution is -2.32. The zero-order valence-corrected chi connectivity index (χ0v) is 22.8. The van der Waals surface area contributed by atoms with Crippen molar-refractivity contribution in [1.82, 2.24) is 14.6 Å². The molecule has 6 rings (SSSR count). The zero-order chi connectivity index (χ0) is 26.6. The topological polar surface area (TPSA) is 93.9 Å². The third-order valence-corrected chi connectivity index (χ3v) is 7.92. The van der Waals surface area contributed by atoms with Crippen molar-refractivity contribution in [3.05, 3.63) is 102 Å². The Morgan fingerprint density at radius 3 is 2.58 bits per heavy atom. The van der Waals surface area contributed by atoms with E-state index in [4.69, 9.17) is 16.3 Å². The summed E-state index contributed by atoms with van der Waals surface area (Å²) in [5, 5.41) is 4.94. The van der Waals surface area contributed by atoms with E-state index in [1.54, 1.807) is 35.2 Å². The average molecular weight is 608 g/mol.